The monoisotopic (exact) mass is 551 g/mol. The number of carbonyl (C=O) groups excluding carboxylic acids is 1. The van der Waals surface area contributed by atoms with Gasteiger partial charge in [0.15, 0.2) is 16.1 Å². The molecule has 2 N–H and O–H groups in total. The second-order valence-electron chi connectivity index (χ2n) is 7.10. The Labute approximate surface area is 212 Å². The number of nitrogens with one attached hydrogen (secondary N) is 2. The summed E-state index contributed by atoms with van der Waals surface area (Å²) in [6.07, 6.45) is -1.49. The molecule has 2 aromatic heterocycles. The molecule has 0 aliphatic rings. The molecule has 0 aliphatic carbocycles. The molecule has 4 aromatic rings. The van der Waals surface area contributed by atoms with Gasteiger partial charge in [-0.05, 0) is 42.5 Å². The van der Waals surface area contributed by atoms with Crippen LogP contribution in [0.5, 0.6) is 0 Å². The number of sulfonamides is 1. The molecule has 8 nitrogen and oxygen atoms in total. The summed E-state index contributed by atoms with van der Waals surface area (Å²) in [6.45, 7) is 0. The van der Waals surface area contributed by atoms with Gasteiger partial charge in [-0.15, -0.1) is 11.3 Å². The van der Waals surface area contributed by atoms with E-state index < -0.39 is 21.8 Å². The van der Waals surface area contributed by atoms with Gasteiger partial charge in [0.2, 0.25) is 0 Å². The number of halogens is 3. The summed E-state index contributed by atoms with van der Waals surface area (Å²) in [5, 5.41) is 5.23. The lowest BCUT2D eigenvalue weighted by Crippen LogP contribution is -2.12. The minimum atomic E-state index is -4.47. The van der Waals surface area contributed by atoms with E-state index in [-0.39, 0.29) is 32.3 Å². The van der Waals surface area contributed by atoms with E-state index in [4.69, 9.17) is 0 Å². The van der Waals surface area contributed by atoms with Crippen LogP contribution in [0, 0.1) is 0 Å². The fraction of sp³-hybridized carbons (Fsp3) is 0.0909. The molecule has 14 heteroatoms. The summed E-state index contributed by atoms with van der Waals surface area (Å²) in [4.78, 5) is 24.7. The van der Waals surface area contributed by atoms with Crippen molar-refractivity contribution in [3.63, 3.8) is 0 Å². The topological polar surface area (TPSA) is 114 Å². The van der Waals surface area contributed by atoms with Crippen LogP contribution in [0.25, 0.3) is 0 Å². The third-order valence-electron chi connectivity index (χ3n) is 4.59. The van der Waals surface area contributed by atoms with Gasteiger partial charge in [-0.3, -0.25) is 9.52 Å². The Hall–Kier alpha value is -3.49. The maximum absolute atomic E-state index is 12.7. The second-order valence-corrected chi connectivity index (χ2v) is 10.6. The zero-order valence-electron chi connectivity index (χ0n) is 18.1. The fourth-order valence-electron chi connectivity index (χ4n) is 2.85. The molecule has 0 spiro atoms. The highest BCUT2D eigenvalue weighted by atomic mass is 32.2. The van der Waals surface area contributed by atoms with Gasteiger partial charge in [0, 0.05) is 29.0 Å². The number of Topliss-reactive ketones (excluding diaryl/α,β-unsaturated/α-hetero) is 1. The maximum atomic E-state index is 12.7. The number of aromatic nitrogens is 3. The molecule has 0 radical (unpaired) electrons. The Bertz CT molecular complexity index is 1450. The van der Waals surface area contributed by atoms with E-state index in [1.807, 2.05) is 0 Å². The van der Waals surface area contributed by atoms with Crippen LogP contribution in [0.1, 0.15) is 15.9 Å². The van der Waals surface area contributed by atoms with Crippen LogP contribution in [0.4, 0.5) is 29.8 Å². The fourth-order valence-corrected chi connectivity index (χ4v) is 5.37. The summed E-state index contributed by atoms with van der Waals surface area (Å²) >= 11 is 2.20. The van der Waals surface area contributed by atoms with Crippen molar-refractivity contribution in [2.45, 2.75) is 16.2 Å². The summed E-state index contributed by atoms with van der Waals surface area (Å²) < 4.78 is 65.3. The predicted octanol–water partition coefficient (Wildman–Crippen LogP) is 5.47. The Kier molecular flexibility index (Phi) is 7.56. The third-order valence-corrected chi connectivity index (χ3v) is 7.63. The number of alkyl halides is 3. The zero-order chi connectivity index (χ0) is 25.8. The van der Waals surface area contributed by atoms with Crippen molar-refractivity contribution < 1.29 is 26.4 Å². The molecular weight excluding hydrogens is 535 g/mol. The third kappa shape index (κ3) is 6.59. The molecule has 0 saturated carbocycles. The zero-order valence-corrected chi connectivity index (χ0v) is 20.5. The molecule has 36 heavy (non-hydrogen) atoms. The summed E-state index contributed by atoms with van der Waals surface area (Å²) in [6, 6.07) is 11.6. The average Bonchev–Trinajstić information content (AvgIpc) is 3.35. The van der Waals surface area contributed by atoms with Crippen LogP contribution >= 0.6 is 23.1 Å². The highest BCUT2D eigenvalue weighted by Crippen LogP contribution is 2.29. The lowest BCUT2D eigenvalue weighted by Gasteiger charge is -2.09. The summed E-state index contributed by atoms with van der Waals surface area (Å²) in [5.74, 6) is -0.0159. The van der Waals surface area contributed by atoms with Crippen LogP contribution in [0.2, 0.25) is 0 Å². The average molecular weight is 552 g/mol. The first-order valence-electron chi connectivity index (χ1n) is 10.1. The molecule has 0 saturated heterocycles. The highest BCUT2D eigenvalue weighted by Gasteiger charge is 2.30. The number of hydrogen-bond donors (Lipinski definition) is 2. The van der Waals surface area contributed by atoms with Gasteiger partial charge in [0.05, 0.1) is 16.2 Å². The van der Waals surface area contributed by atoms with Crippen molar-refractivity contribution in [2.75, 3.05) is 15.8 Å². The van der Waals surface area contributed by atoms with E-state index in [0.29, 0.717) is 11.5 Å². The number of nitrogens with zero attached hydrogens (tertiary/aromatic N) is 3. The Balaban J connectivity index is 1.36. The van der Waals surface area contributed by atoms with Crippen molar-refractivity contribution in [3.8, 4) is 0 Å². The van der Waals surface area contributed by atoms with Crippen LogP contribution in [0.3, 0.4) is 0 Å². The van der Waals surface area contributed by atoms with Crippen LogP contribution < -0.4 is 10.0 Å². The molecule has 0 atom stereocenters. The minimum absolute atomic E-state index is 0.0592. The van der Waals surface area contributed by atoms with Gasteiger partial charge in [-0.1, -0.05) is 23.9 Å². The van der Waals surface area contributed by atoms with Gasteiger partial charge in [0.25, 0.3) is 10.0 Å². The highest BCUT2D eigenvalue weighted by molar-refractivity contribution is 7.99. The van der Waals surface area contributed by atoms with Crippen molar-refractivity contribution in [2.24, 2.45) is 0 Å². The number of benzene rings is 2. The van der Waals surface area contributed by atoms with Gasteiger partial charge < -0.3 is 5.32 Å². The first kappa shape index (κ1) is 25.6. The van der Waals surface area contributed by atoms with Crippen molar-refractivity contribution in [3.05, 3.63) is 83.5 Å². The SMILES string of the molecule is O=C(CSc1nccc(Nc2ccc(S(=O)(=O)Nc3nccs3)cc2)n1)c1ccc(C(F)(F)F)cc1. The Morgan fingerprint density at radius 2 is 1.69 bits per heavy atom. The van der Waals surface area contributed by atoms with Crippen LogP contribution in [-0.2, 0) is 16.2 Å². The van der Waals surface area contributed by atoms with Crippen molar-refractivity contribution in [1.82, 2.24) is 15.0 Å². The van der Waals surface area contributed by atoms with Gasteiger partial charge in [0.1, 0.15) is 5.82 Å². The number of carbonyl (C=O) groups is 1. The Morgan fingerprint density at radius 3 is 2.33 bits per heavy atom. The first-order chi connectivity index (χ1) is 17.1. The van der Waals surface area contributed by atoms with Crippen LogP contribution in [0.15, 0.2) is 82.4 Å². The summed E-state index contributed by atoms with van der Waals surface area (Å²) in [7, 11) is -3.77. The lowest BCUT2D eigenvalue weighted by molar-refractivity contribution is -0.137. The molecule has 0 bridgehead atoms. The van der Waals surface area contributed by atoms with E-state index in [9.17, 15) is 26.4 Å². The molecule has 0 fully saturated rings. The van der Waals surface area contributed by atoms with E-state index in [1.165, 1.54) is 24.5 Å². The molecule has 186 valence electrons. The first-order valence-corrected chi connectivity index (χ1v) is 13.4. The normalized spacial score (nSPS) is 11.8. The molecule has 2 heterocycles. The molecule has 0 unspecified atom stereocenters. The van der Waals surface area contributed by atoms with Gasteiger partial charge in [-0.25, -0.2) is 23.4 Å². The number of hydrogen-bond acceptors (Lipinski definition) is 9. The lowest BCUT2D eigenvalue weighted by atomic mass is 10.1. The number of thioether (sulfide) groups is 1. The van der Waals surface area contributed by atoms with E-state index in [2.05, 4.69) is 25.0 Å². The van der Waals surface area contributed by atoms with E-state index in [1.54, 1.807) is 23.6 Å². The van der Waals surface area contributed by atoms with E-state index in [0.717, 1.165) is 47.4 Å². The van der Waals surface area contributed by atoms with Gasteiger partial charge >= 0.3 is 6.18 Å². The molecule has 0 aliphatic heterocycles. The van der Waals surface area contributed by atoms with Crippen molar-refractivity contribution in [1.29, 1.82) is 0 Å². The number of rotatable bonds is 9. The van der Waals surface area contributed by atoms with Crippen molar-refractivity contribution >= 4 is 55.5 Å². The quantitative estimate of drug-likeness (QED) is 0.160. The molecule has 4 rings (SSSR count). The number of ketones is 1. The number of anilines is 3. The Morgan fingerprint density at radius 1 is 0.972 bits per heavy atom. The largest absolute Gasteiger partial charge is 0.416 e. The molecule has 0 amide bonds. The molecular formula is C22H16F3N5O3S3. The van der Waals surface area contributed by atoms with Gasteiger partial charge in [-0.2, -0.15) is 13.2 Å². The standard InChI is InChI=1S/C22H16F3N5O3S3/c23-22(24,25)15-3-1-14(2-4-15)18(31)13-35-20-26-10-9-19(29-20)28-16-5-7-17(8-6-16)36(32,33)30-21-27-11-12-34-21/h1-12H,13H2,(H,27,30)(H,26,28,29). The predicted molar refractivity (Wildman–Crippen MR) is 131 cm³/mol. The molecule has 2 aromatic carbocycles. The number of thiazole rings is 1. The maximum Gasteiger partial charge on any atom is 0.416 e. The second kappa shape index (κ2) is 10.6. The summed E-state index contributed by atoms with van der Waals surface area (Å²) in [5.41, 5.74) is -0.0990. The minimum Gasteiger partial charge on any atom is -0.340 e. The van der Waals surface area contributed by atoms with E-state index >= 15 is 0 Å². The van der Waals surface area contributed by atoms with Crippen LogP contribution in [-0.4, -0.2) is 34.9 Å². The smallest absolute Gasteiger partial charge is 0.340 e.